The van der Waals surface area contributed by atoms with E-state index in [1.165, 1.54) is 5.56 Å². The van der Waals surface area contributed by atoms with Gasteiger partial charge in [-0.05, 0) is 23.1 Å². The van der Waals surface area contributed by atoms with Crippen LogP contribution in [0.1, 0.15) is 26.3 Å². The summed E-state index contributed by atoms with van der Waals surface area (Å²) in [6.07, 6.45) is 1.94. The van der Waals surface area contributed by atoms with Crippen LogP contribution in [0.2, 0.25) is 0 Å². The van der Waals surface area contributed by atoms with Gasteiger partial charge in [0, 0.05) is 11.8 Å². The maximum absolute atomic E-state index is 6.20. The van der Waals surface area contributed by atoms with E-state index < -0.39 is 0 Å². The van der Waals surface area contributed by atoms with Gasteiger partial charge in [0.2, 0.25) is 0 Å². The summed E-state index contributed by atoms with van der Waals surface area (Å²) in [4.78, 5) is 4.61. The smallest absolute Gasteiger partial charge is 0.139 e. The first-order valence-electron chi connectivity index (χ1n) is 6.80. The molecule has 2 N–H and O–H groups in total. The zero-order chi connectivity index (χ0) is 14.3. The number of benzene rings is 1. The van der Waals surface area contributed by atoms with Crippen LogP contribution in [0.4, 0.5) is 5.82 Å². The first-order valence-corrected chi connectivity index (χ1v) is 6.80. The topological polar surface area (TPSA) is 43.3 Å². The molecule has 2 heterocycles. The number of nitrogens with two attached hydrogens (primary N) is 1. The Morgan fingerprint density at radius 2 is 1.70 bits per heavy atom. The summed E-state index contributed by atoms with van der Waals surface area (Å²) in [5.74, 6) is 0.684. The molecule has 102 valence electrons. The molecule has 0 aliphatic carbocycles. The summed E-state index contributed by atoms with van der Waals surface area (Å²) in [5, 5.41) is 0. The maximum Gasteiger partial charge on any atom is 0.139 e. The monoisotopic (exact) mass is 265 g/mol. The lowest BCUT2D eigenvalue weighted by molar-refractivity contribution is 0.590. The number of imidazole rings is 1. The minimum Gasteiger partial charge on any atom is -0.383 e. The SMILES string of the molecule is CC(C)(C)c1ccc(-c2nc3ccccn3c2N)cc1. The normalized spacial score (nSPS) is 11.9. The van der Waals surface area contributed by atoms with Crippen LogP contribution in [0.3, 0.4) is 0 Å². The highest BCUT2D eigenvalue weighted by atomic mass is 15.1. The highest BCUT2D eigenvalue weighted by molar-refractivity contribution is 5.75. The number of rotatable bonds is 1. The van der Waals surface area contributed by atoms with Gasteiger partial charge < -0.3 is 5.73 Å². The highest BCUT2D eigenvalue weighted by Gasteiger charge is 2.15. The van der Waals surface area contributed by atoms with Crippen LogP contribution < -0.4 is 5.73 Å². The van der Waals surface area contributed by atoms with Gasteiger partial charge in [-0.2, -0.15) is 0 Å². The quantitative estimate of drug-likeness (QED) is 0.725. The van der Waals surface area contributed by atoms with Gasteiger partial charge in [0.25, 0.3) is 0 Å². The molecule has 0 atom stereocenters. The standard InChI is InChI=1S/C17H19N3/c1-17(2,3)13-9-7-12(8-10-13)15-16(18)20-11-5-4-6-14(20)19-15/h4-11H,18H2,1-3H3. The van der Waals surface area contributed by atoms with E-state index >= 15 is 0 Å². The number of pyridine rings is 1. The molecule has 3 heteroatoms. The van der Waals surface area contributed by atoms with E-state index in [-0.39, 0.29) is 5.41 Å². The number of nitrogens with zero attached hydrogens (tertiary/aromatic N) is 2. The van der Waals surface area contributed by atoms with Crippen molar-refractivity contribution in [1.29, 1.82) is 0 Å². The molecular weight excluding hydrogens is 246 g/mol. The summed E-state index contributed by atoms with van der Waals surface area (Å²) in [6.45, 7) is 6.63. The van der Waals surface area contributed by atoms with Gasteiger partial charge in [0.05, 0.1) is 0 Å². The van der Waals surface area contributed by atoms with Crippen molar-refractivity contribution in [3.63, 3.8) is 0 Å². The van der Waals surface area contributed by atoms with Crippen LogP contribution in [0.5, 0.6) is 0 Å². The van der Waals surface area contributed by atoms with Crippen molar-refractivity contribution in [1.82, 2.24) is 9.38 Å². The molecule has 3 rings (SSSR count). The molecule has 0 unspecified atom stereocenters. The Hall–Kier alpha value is -2.29. The lowest BCUT2D eigenvalue weighted by Gasteiger charge is -2.18. The Kier molecular flexibility index (Phi) is 2.78. The first kappa shape index (κ1) is 12.7. The average molecular weight is 265 g/mol. The Labute approximate surface area is 119 Å². The first-order chi connectivity index (χ1) is 9.47. The van der Waals surface area contributed by atoms with Crippen LogP contribution in [-0.4, -0.2) is 9.38 Å². The molecule has 0 aliphatic heterocycles. The Morgan fingerprint density at radius 1 is 1.00 bits per heavy atom. The minimum atomic E-state index is 0.156. The molecule has 2 aromatic heterocycles. The molecular formula is C17H19N3. The van der Waals surface area contributed by atoms with E-state index in [2.05, 4.69) is 50.0 Å². The Morgan fingerprint density at radius 3 is 2.30 bits per heavy atom. The molecule has 3 aromatic rings. The second-order valence-corrected chi connectivity index (χ2v) is 6.10. The van der Waals surface area contributed by atoms with Gasteiger partial charge in [-0.25, -0.2) is 4.98 Å². The molecule has 0 aliphatic rings. The molecule has 0 fully saturated rings. The lowest BCUT2D eigenvalue weighted by Crippen LogP contribution is -2.10. The summed E-state index contributed by atoms with van der Waals surface area (Å²) < 4.78 is 1.91. The molecule has 0 saturated heterocycles. The predicted octanol–water partition coefficient (Wildman–Crippen LogP) is 3.88. The van der Waals surface area contributed by atoms with E-state index in [9.17, 15) is 0 Å². The molecule has 0 radical (unpaired) electrons. The van der Waals surface area contributed by atoms with Crippen molar-refractivity contribution in [3.05, 3.63) is 54.2 Å². The summed E-state index contributed by atoms with van der Waals surface area (Å²) in [6, 6.07) is 14.4. The number of nitrogen functional groups attached to an aromatic ring is 1. The fourth-order valence-electron chi connectivity index (χ4n) is 2.36. The van der Waals surface area contributed by atoms with Gasteiger partial charge in [-0.1, -0.05) is 51.1 Å². The number of anilines is 1. The zero-order valence-electron chi connectivity index (χ0n) is 12.1. The Balaban J connectivity index is 2.09. The van der Waals surface area contributed by atoms with Crippen LogP contribution in [0.25, 0.3) is 16.9 Å². The molecule has 0 spiro atoms. The van der Waals surface area contributed by atoms with Crippen LogP contribution in [0.15, 0.2) is 48.7 Å². The third kappa shape index (κ3) is 2.05. The maximum atomic E-state index is 6.20. The van der Waals surface area contributed by atoms with Crippen molar-refractivity contribution >= 4 is 11.5 Å². The summed E-state index contributed by atoms with van der Waals surface area (Å²) >= 11 is 0. The largest absolute Gasteiger partial charge is 0.383 e. The summed E-state index contributed by atoms with van der Waals surface area (Å²) in [7, 11) is 0. The highest BCUT2D eigenvalue weighted by Crippen LogP contribution is 2.29. The predicted molar refractivity (Wildman–Crippen MR) is 83.7 cm³/mol. The zero-order valence-corrected chi connectivity index (χ0v) is 12.1. The molecule has 0 amide bonds. The van der Waals surface area contributed by atoms with Crippen LogP contribution in [0, 0.1) is 0 Å². The third-order valence-electron chi connectivity index (χ3n) is 3.59. The number of hydrogen-bond acceptors (Lipinski definition) is 2. The number of aromatic nitrogens is 2. The molecule has 0 bridgehead atoms. The van der Waals surface area contributed by atoms with Gasteiger partial charge in [0.15, 0.2) is 0 Å². The molecule has 1 aromatic carbocycles. The van der Waals surface area contributed by atoms with Crippen molar-refractivity contribution in [2.24, 2.45) is 0 Å². The van der Waals surface area contributed by atoms with Gasteiger partial charge in [0.1, 0.15) is 17.2 Å². The second-order valence-electron chi connectivity index (χ2n) is 6.10. The van der Waals surface area contributed by atoms with Gasteiger partial charge in [-0.15, -0.1) is 0 Å². The fraction of sp³-hybridized carbons (Fsp3) is 0.235. The fourth-order valence-corrected chi connectivity index (χ4v) is 2.36. The molecule has 0 saturated carbocycles. The molecule has 20 heavy (non-hydrogen) atoms. The van der Waals surface area contributed by atoms with Gasteiger partial charge >= 0.3 is 0 Å². The van der Waals surface area contributed by atoms with Crippen molar-refractivity contribution in [2.75, 3.05) is 5.73 Å². The molecule has 3 nitrogen and oxygen atoms in total. The lowest BCUT2D eigenvalue weighted by atomic mass is 9.86. The summed E-state index contributed by atoms with van der Waals surface area (Å²) in [5.41, 5.74) is 10.4. The Bertz CT molecular complexity index is 746. The third-order valence-corrected chi connectivity index (χ3v) is 3.59. The van der Waals surface area contributed by atoms with Crippen LogP contribution in [-0.2, 0) is 5.41 Å². The minimum absolute atomic E-state index is 0.156. The van der Waals surface area contributed by atoms with E-state index in [4.69, 9.17) is 5.73 Å². The van der Waals surface area contributed by atoms with E-state index in [1.807, 2.05) is 28.8 Å². The number of fused-ring (bicyclic) bond motifs is 1. The van der Waals surface area contributed by atoms with E-state index in [0.717, 1.165) is 16.9 Å². The second kappa shape index (κ2) is 4.37. The van der Waals surface area contributed by atoms with Crippen LogP contribution >= 0.6 is 0 Å². The number of hydrogen-bond donors (Lipinski definition) is 1. The van der Waals surface area contributed by atoms with E-state index in [1.54, 1.807) is 0 Å². The van der Waals surface area contributed by atoms with Crippen molar-refractivity contribution in [3.8, 4) is 11.3 Å². The average Bonchev–Trinajstić information content (AvgIpc) is 2.76. The van der Waals surface area contributed by atoms with Gasteiger partial charge in [-0.3, -0.25) is 4.40 Å². The van der Waals surface area contributed by atoms with Crippen molar-refractivity contribution < 1.29 is 0 Å². The van der Waals surface area contributed by atoms with E-state index in [0.29, 0.717) is 5.82 Å². The van der Waals surface area contributed by atoms with Crippen molar-refractivity contribution in [2.45, 2.75) is 26.2 Å².